The largest absolute Gasteiger partial charge is 0.325 e. The quantitative estimate of drug-likeness (QED) is 0.869. The molecule has 1 aliphatic heterocycles. The first-order valence-corrected chi connectivity index (χ1v) is 7.19. The molecule has 1 fully saturated rings. The Balaban J connectivity index is 1.81. The highest BCUT2D eigenvalue weighted by atomic mass is 15.1. The lowest BCUT2D eigenvalue weighted by molar-refractivity contribution is 0.155. The molecule has 4 nitrogen and oxygen atoms in total. The summed E-state index contributed by atoms with van der Waals surface area (Å²) in [5.74, 6) is 0.856. The van der Waals surface area contributed by atoms with Crippen molar-refractivity contribution in [1.82, 2.24) is 14.8 Å². The van der Waals surface area contributed by atoms with Crippen LogP contribution in [0.15, 0.2) is 18.2 Å². The lowest BCUT2D eigenvalue weighted by Gasteiger charge is -2.33. The molecule has 0 bridgehead atoms. The normalized spacial score (nSPS) is 18.1. The second-order valence-electron chi connectivity index (χ2n) is 5.81. The van der Waals surface area contributed by atoms with E-state index in [1.165, 1.54) is 32.5 Å². The van der Waals surface area contributed by atoms with Crippen molar-refractivity contribution in [1.29, 1.82) is 0 Å². The van der Waals surface area contributed by atoms with E-state index in [9.17, 15) is 0 Å². The molecule has 0 atom stereocenters. The average Bonchev–Trinajstić information content (AvgIpc) is 2.41. The monoisotopic (exact) mass is 262 g/mol. The van der Waals surface area contributed by atoms with Crippen LogP contribution < -0.4 is 5.73 Å². The van der Waals surface area contributed by atoms with Gasteiger partial charge in [0.15, 0.2) is 0 Å². The summed E-state index contributed by atoms with van der Waals surface area (Å²) in [6.07, 6.45) is 2.60. The lowest BCUT2D eigenvalue weighted by atomic mass is 9.96. The zero-order valence-corrected chi connectivity index (χ0v) is 12.2. The molecule has 2 N–H and O–H groups in total. The topological polar surface area (TPSA) is 45.4 Å². The fraction of sp³-hybridized carbons (Fsp3) is 0.667. The number of likely N-dealkylation sites (tertiary alicyclic amines) is 1. The van der Waals surface area contributed by atoms with Crippen LogP contribution >= 0.6 is 0 Å². The molecule has 4 heteroatoms. The van der Waals surface area contributed by atoms with Gasteiger partial charge >= 0.3 is 0 Å². The minimum atomic E-state index is 0.527. The number of piperidine rings is 1. The minimum Gasteiger partial charge on any atom is -0.325 e. The van der Waals surface area contributed by atoms with Crippen LogP contribution in [0.2, 0.25) is 0 Å². The van der Waals surface area contributed by atoms with Crippen molar-refractivity contribution in [3.63, 3.8) is 0 Å². The van der Waals surface area contributed by atoms with Crippen molar-refractivity contribution in [2.24, 2.45) is 11.7 Å². The maximum Gasteiger partial charge on any atom is 0.0547 e. The average molecular weight is 262 g/mol. The Morgan fingerprint density at radius 3 is 2.58 bits per heavy atom. The summed E-state index contributed by atoms with van der Waals surface area (Å²) in [6, 6.07) is 6.15. The second-order valence-corrected chi connectivity index (χ2v) is 5.81. The Bertz CT molecular complexity index is 383. The molecule has 106 valence electrons. The van der Waals surface area contributed by atoms with Gasteiger partial charge in [-0.05, 0) is 58.1 Å². The van der Waals surface area contributed by atoms with Crippen molar-refractivity contribution in [3.05, 3.63) is 29.6 Å². The molecule has 1 aromatic rings. The van der Waals surface area contributed by atoms with E-state index in [0.717, 1.165) is 23.9 Å². The molecule has 1 saturated heterocycles. The number of pyridine rings is 1. The van der Waals surface area contributed by atoms with Gasteiger partial charge in [-0.1, -0.05) is 6.07 Å². The molecule has 1 aromatic heterocycles. The van der Waals surface area contributed by atoms with Gasteiger partial charge in [0.2, 0.25) is 0 Å². The van der Waals surface area contributed by atoms with Crippen LogP contribution in [0.1, 0.15) is 24.2 Å². The summed E-state index contributed by atoms with van der Waals surface area (Å²) in [4.78, 5) is 9.38. The van der Waals surface area contributed by atoms with Crippen molar-refractivity contribution in [2.45, 2.75) is 25.9 Å². The molecule has 2 heterocycles. The fourth-order valence-corrected chi connectivity index (χ4v) is 2.80. The number of hydrogen-bond donors (Lipinski definition) is 1. The second kappa shape index (κ2) is 6.98. The van der Waals surface area contributed by atoms with Crippen molar-refractivity contribution >= 4 is 0 Å². The molecule has 0 amide bonds. The first-order valence-electron chi connectivity index (χ1n) is 7.19. The van der Waals surface area contributed by atoms with Crippen LogP contribution in [-0.4, -0.2) is 48.5 Å². The predicted octanol–water partition coefficient (Wildman–Crippen LogP) is 1.31. The van der Waals surface area contributed by atoms with Gasteiger partial charge in [-0.15, -0.1) is 0 Å². The van der Waals surface area contributed by atoms with Crippen LogP contribution in [0.3, 0.4) is 0 Å². The summed E-state index contributed by atoms with van der Waals surface area (Å²) in [5, 5.41) is 0. The van der Waals surface area contributed by atoms with Crippen LogP contribution in [0.5, 0.6) is 0 Å². The zero-order valence-electron chi connectivity index (χ0n) is 12.2. The van der Waals surface area contributed by atoms with E-state index in [2.05, 4.69) is 41.0 Å². The molecule has 0 unspecified atom stereocenters. The smallest absolute Gasteiger partial charge is 0.0547 e. The highest BCUT2D eigenvalue weighted by Crippen LogP contribution is 2.19. The van der Waals surface area contributed by atoms with Gasteiger partial charge in [0.05, 0.1) is 11.4 Å². The van der Waals surface area contributed by atoms with Gasteiger partial charge in [0.1, 0.15) is 0 Å². The third-order valence-electron chi connectivity index (χ3n) is 3.79. The summed E-state index contributed by atoms with van der Waals surface area (Å²) >= 11 is 0. The summed E-state index contributed by atoms with van der Waals surface area (Å²) < 4.78 is 0. The molecule has 19 heavy (non-hydrogen) atoms. The molecule has 0 spiro atoms. The Labute approximate surface area is 116 Å². The number of rotatable bonds is 5. The standard InChI is InChI=1S/C15H26N4/c1-18(2)11-13-6-8-19(9-7-13)12-15-5-3-4-14(10-16)17-15/h3-5,13H,6-12,16H2,1-2H3. The molecular weight excluding hydrogens is 236 g/mol. The number of nitrogens with zero attached hydrogens (tertiary/aromatic N) is 3. The molecule has 1 aliphatic rings. The first kappa shape index (κ1) is 14.4. The molecule has 0 saturated carbocycles. The third kappa shape index (κ3) is 4.56. The summed E-state index contributed by atoms with van der Waals surface area (Å²) in [6.45, 7) is 5.08. The molecule has 0 aromatic carbocycles. The number of hydrogen-bond acceptors (Lipinski definition) is 4. The molecule has 0 radical (unpaired) electrons. The van der Waals surface area contributed by atoms with Crippen molar-refractivity contribution < 1.29 is 0 Å². The predicted molar refractivity (Wildman–Crippen MR) is 78.7 cm³/mol. The van der Waals surface area contributed by atoms with Crippen LogP contribution in [0.4, 0.5) is 0 Å². The zero-order chi connectivity index (χ0) is 13.7. The van der Waals surface area contributed by atoms with E-state index in [1.54, 1.807) is 0 Å². The first-order chi connectivity index (χ1) is 9.17. The lowest BCUT2D eigenvalue weighted by Crippen LogP contribution is -2.36. The third-order valence-corrected chi connectivity index (χ3v) is 3.79. The Hall–Kier alpha value is -0.970. The minimum absolute atomic E-state index is 0.527. The SMILES string of the molecule is CN(C)CC1CCN(Cc2cccc(CN)n2)CC1. The van der Waals surface area contributed by atoms with E-state index in [4.69, 9.17) is 5.73 Å². The maximum atomic E-state index is 5.64. The van der Waals surface area contributed by atoms with Gasteiger partial charge in [-0.2, -0.15) is 0 Å². The number of aromatic nitrogens is 1. The van der Waals surface area contributed by atoms with Crippen molar-refractivity contribution in [3.8, 4) is 0 Å². The highest BCUT2D eigenvalue weighted by molar-refractivity contribution is 5.11. The fourth-order valence-electron chi connectivity index (χ4n) is 2.80. The highest BCUT2D eigenvalue weighted by Gasteiger charge is 2.19. The summed E-state index contributed by atoms with van der Waals surface area (Å²) in [5.41, 5.74) is 7.77. The summed E-state index contributed by atoms with van der Waals surface area (Å²) in [7, 11) is 4.32. The van der Waals surface area contributed by atoms with Crippen LogP contribution in [-0.2, 0) is 13.1 Å². The van der Waals surface area contributed by atoms with E-state index in [0.29, 0.717) is 6.54 Å². The number of nitrogens with two attached hydrogens (primary N) is 1. The van der Waals surface area contributed by atoms with Gasteiger partial charge in [-0.3, -0.25) is 9.88 Å². The van der Waals surface area contributed by atoms with E-state index < -0.39 is 0 Å². The van der Waals surface area contributed by atoms with E-state index in [-0.39, 0.29) is 0 Å². The Morgan fingerprint density at radius 1 is 1.26 bits per heavy atom. The molecule has 2 rings (SSSR count). The van der Waals surface area contributed by atoms with E-state index >= 15 is 0 Å². The van der Waals surface area contributed by atoms with Crippen molar-refractivity contribution in [2.75, 3.05) is 33.7 Å². The van der Waals surface area contributed by atoms with E-state index in [1.807, 2.05) is 6.07 Å². The van der Waals surface area contributed by atoms with Gasteiger partial charge in [-0.25, -0.2) is 0 Å². The Morgan fingerprint density at radius 2 is 1.95 bits per heavy atom. The van der Waals surface area contributed by atoms with Gasteiger partial charge in [0, 0.05) is 19.6 Å². The van der Waals surface area contributed by atoms with Gasteiger partial charge < -0.3 is 10.6 Å². The Kier molecular flexibility index (Phi) is 5.31. The van der Waals surface area contributed by atoms with Crippen LogP contribution in [0, 0.1) is 5.92 Å². The maximum absolute atomic E-state index is 5.64. The van der Waals surface area contributed by atoms with Gasteiger partial charge in [0.25, 0.3) is 0 Å². The van der Waals surface area contributed by atoms with Crippen LogP contribution in [0.25, 0.3) is 0 Å². The molecule has 0 aliphatic carbocycles. The molecular formula is C15H26N4.